The van der Waals surface area contributed by atoms with E-state index in [-0.39, 0.29) is 0 Å². The fraction of sp³-hybridized carbons (Fsp3) is 0.188. The Balaban J connectivity index is 2.62. The van der Waals surface area contributed by atoms with E-state index in [2.05, 4.69) is 0 Å². The lowest BCUT2D eigenvalue weighted by molar-refractivity contribution is -0.201. The second kappa shape index (κ2) is 5.78. The summed E-state index contributed by atoms with van der Waals surface area (Å²) < 4.78 is 10.6. The lowest BCUT2D eigenvalue weighted by Crippen LogP contribution is -2.33. The molecule has 0 heterocycles. The van der Waals surface area contributed by atoms with Crippen molar-refractivity contribution in [1.82, 2.24) is 0 Å². The third kappa shape index (κ3) is 2.43. The summed E-state index contributed by atoms with van der Waals surface area (Å²) in [7, 11) is 2.92. The van der Waals surface area contributed by atoms with Crippen molar-refractivity contribution in [3.05, 3.63) is 60.2 Å². The van der Waals surface area contributed by atoms with Gasteiger partial charge in [-0.15, -0.1) is 0 Å². The van der Waals surface area contributed by atoms with Crippen LogP contribution in [0.1, 0.15) is 5.56 Å². The first kappa shape index (κ1) is 13.5. The number of rotatable bonds is 5. The summed E-state index contributed by atoms with van der Waals surface area (Å²) in [4.78, 5) is 11.4. The maximum Gasteiger partial charge on any atom is 0.253 e. The van der Waals surface area contributed by atoms with E-state index in [0.29, 0.717) is 11.8 Å². The van der Waals surface area contributed by atoms with E-state index in [9.17, 15) is 4.79 Å². The van der Waals surface area contributed by atoms with E-state index < -0.39 is 5.79 Å². The number of hydrogen-bond acceptors (Lipinski definition) is 3. The zero-order valence-corrected chi connectivity index (χ0v) is 11.0. The molecule has 0 fully saturated rings. The molecule has 0 radical (unpaired) electrons. The minimum atomic E-state index is -1.37. The predicted molar refractivity (Wildman–Crippen MR) is 73.6 cm³/mol. The SMILES string of the molecule is COC(C=O)(OC)c1ccccc1-c1ccccc1. The average Bonchev–Trinajstić information content (AvgIpc) is 2.51. The Labute approximate surface area is 112 Å². The van der Waals surface area contributed by atoms with Gasteiger partial charge >= 0.3 is 0 Å². The van der Waals surface area contributed by atoms with Crippen LogP contribution in [0.15, 0.2) is 54.6 Å². The molecule has 0 aromatic heterocycles. The zero-order valence-electron chi connectivity index (χ0n) is 11.0. The number of hydrogen-bond donors (Lipinski definition) is 0. The number of carbonyl (C=O) groups is 1. The highest BCUT2D eigenvalue weighted by Gasteiger charge is 2.34. The van der Waals surface area contributed by atoms with Gasteiger partial charge in [-0.25, -0.2) is 0 Å². The Kier molecular flexibility index (Phi) is 4.10. The highest BCUT2D eigenvalue weighted by atomic mass is 16.7. The van der Waals surface area contributed by atoms with Crippen molar-refractivity contribution < 1.29 is 14.3 Å². The Morgan fingerprint density at radius 3 is 2.05 bits per heavy atom. The highest BCUT2D eigenvalue weighted by Crippen LogP contribution is 2.33. The fourth-order valence-corrected chi connectivity index (χ4v) is 2.12. The largest absolute Gasteiger partial charge is 0.344 e. The molecule has 19 heavy (non-hydrogen) atoms. The van der Waals surface area contributed by atoms with Crippen molar-refractivity contribution in [3.63, 3.8) is 0 Å². The Bertz CT molecular complexity index is 545. The maximum absolute atomic E-state index is 11.4. The quantitative estimate of drug-likeness (QED) is 0.609. The van der Waals surface area contributed by atoms with Gasteiger partial charge in [0, 0.05) is 19.8 Å². The van der Waals surface area contributed by atoms with Gasteiger partial charge in [0.25, 0.3) is 5.79 Å². The summed E-state index contributed by atoms with van der Waals surface area (Å²) in [5.74, 6) is -1.37. The van der Waals surface area contributed by atoms with Gasteiger partial charge in [0.2, 0.25) is 0 Å². The summed E-state index contributed by atoms with van der Waals surface area (Å²) in [6.45, 7) is 0. The zero-order chi connectivity index (χ0) is 13.7. The first-order valence-corrected chi connectivity index (χ1v) is 5.99. The molecule has 0 aliphatic carbocycles. The lowest BCUT2D eigenvalue weighted by atomic mass is 9.94. The highest BCUT2D eigenvalue weighted by molar-refractivity contribution is 5.75. The van der Waals surface area contributed by atoms with Crippen LogP contribution in [0.2, 0.25) is 0 Å². The molecule has 2 aromatic rings. The molecule has 0 saturated heterocycles. The smallest absolute Gasteiger partial charge is 0.253 e. The normalized spacial score (nSPS) is 11.3. The Morgan fingerprint density at radius 1 is 0.895 bits per heavy atom. The number of aldehydes is 1. The first-order chi connectivity index (χ1) is 9.27. The summed E-state index contributed by atoms with van der Waals surface area (Å²) in [6, 6.07) is 17.4. The molecule has 0 unspecified atom stereocenters. The Hall–Kier alpha value is -1.97. The van der Waals surface area contributed by atoms with Gasteiger partial charge in [0.05, 0.1) is 0 Å². The number of methoxy groups -OCH3 is 2. The van der Waals surface area contributed by atoms with E-state index >= 15 is 0 Å². The molecule has 0 amide bonds. The molecule has 0 spiro atoms. The molecular weight excluding hydrogens is 240 g/mol. The van der Waals surface area contributed by atoms with Crippen molar-refractivity contribution in [2.24, 2.45) is 0 Å². The molecule has 0 saturated carbocycles. The molecule has 3 heteroatoms. The summed E-state index contributed by atoms with van der Waals surface area (Å²) in [6.07, 6.45) is 0.675. The van der Waals surface area contributed by atoms with Gasteiger partial charge in [0.1, 0.15) is 0 Å². The van der Waals surface area contributed by atoms with Gasteiger partial charge in [-0.05, 0) is 11.1 Å². The topological polar surface area (TPSA) is 35.5 Å². The van der Waals surface area contributed by atoms with Gasteiger partial charge in [0.15, 0.2) is 6.29 Å². The van der Waals surface area contributed by atoms with E-state index in [1.807, 2.05) is 54.6 Å². The van der Waals surface area contributed by atoms with Crippen molar-refractivity contribution in [3.8, 4) is 11.1 Å². The van der Waals surface area contributed by atoms with E-state index in [4.69, 9.17) is 9.47 Å². The monoisotopic (exact) mass is 256 g/mol. The van der Waals surface area contributed by atoms with Crippen LogP contribution in [0.25, 0.3) is 11.1 Å². The van der Waals surface area contributed by atoms with Crippen LogP contribution in [-0.4, -0.2) is 20.5 Å². The van der Waals surface area contributed by atoms with Crippen LogP contribution in [0.4, 0.5) is 0 Å². The van der Waals surface area contributed by atoms with Crippen LogP contribution >= 0.6 is 0 Å². The molecule has 0 atom stereocenters. The molecule has 0 aliphatic rings. The lowest BCUT2D eigenvalue weighted by Gasteiger charge is -2.27. The van der Waals surface area contributed by atoms with Gasteiger partial charge in [-0.2, -0.15) is 0 Å². The van der Waals surface area contributed by atoms with Crippen LogP contribution in [-0.2, 0) is 20.1 Å². The van der Waals surface area contributed by atoms with Gasteiger partial charge in [-0.1, -0.05) is 54.6 Å². The van der Waals surface area contributed by atoms with Crippen molar-refractivity contribution in [1.29, 1.82) is 0 Å². The molecule has 2 rings (SSSR count). The molecule has 3 nitrogen and oxygen atoms in total. The molecular formula is C16H16O3. The van der Waals surface area contributed by atoms with Gasteiger partial charge < -0.3 is 9.47 Å². The molecule has 98 valence electrons. The van der Waals surface area contributed by atoms with Crippen molar-refractivity contribution >= 4 is 6.29 Å². The molecule has 0 N–H and O–H groups in total. The number of benzene rings is 2. The minimum absolute atomic E-state index is 0.675. The number of carbonyl (C=O) groups excluding carboxylic acids is 1. The van der Waals surface area contributed by atoms with Crippen LogP contribution in [0.5, 0.6) is 0 Å². The standard InChI is InChI=1S/C16H16O3/c1-18-16(12-17,19-2)15-11-7-6-10-14(15)13-8-4-3-5-9-13/h3-12H,1-2H3. The van der Waals surface area contributed by atoms with Crippen molar-refractivity contribution in [2.45, 2.75) is 5.79 Å². The maximum atomic E-state index is 11.4. The van der Waals surface area contributed by atoms with Crippen molar-refractivity contribution in [2.75, 3.05) is 14.2 Å². The summed E-state index contributed by atoms with van der Waals surface area (Å²) >= 11 is 0. The second-order valence-corrected chi connectivity index (χ2v) is 4.11. The first-order valence-electron chi connectivity index (χ1n) is 5.99. The van der Waals surface area contributed by atoms with Gasteiger partial charge in [-0.3, -0.25) is 4.79 Å². The third-order valence-electron chi connectivity index (χ3n) is 3.15. The molecule has 2 aromatic carbocycles. The van der Waals surface area contributed by atoms with E-state index in [0.717, 1.165) is 11.1 Å². The van der Waals surface area contributed by atoms with Crippen LogP contribution in [0.3, 0.4) is 0 Å². The fourth-order valence-electron chi connectivity index (χ4n) is 2.12. The van der Waals surface area contributed by atoms with E-state index in [1.165, 1.54) is 14.2 Å². The third-order valence-corrected chi connectivity index (χ3v) is 3.15. The summed E-state index contributed by atoms with van der Waals surface area (Å²) in [5.41, 5.74) is 2.62. The molecule has 0 bridgehead atoms. The Morgan fingerprint density at radius 2 is 1.47 bits per heavy atom. The predicted octanol–water partition coefficient (Wildman–Crippen LogP) is 3.00. The minimum Gasteiger partial charge on any atom is -0.344 e. The van der Waals surface area contributed by atoms with Crippen LogP contribution in [0, 0.1) is 0 Å². The van der Waals surface area contributed by atoms with Crippen LogP contribution < -0.4 is 0 Å². The number of ether oxygens (including phenoxy) is 2. The second-order valence-electron chi connectivity index (χ2n) is 4.11. The molecule has 0 aliphatic heterocycles. The summed E-state index contributed by atoms with van der Waals surface area (Å²) in [5, 5.41) is 0. The van der Waals surface area contributed by atoms with E-state index in [1.54, 1.807) is 0 Å². The average molecular weight is 256 g/mol.